The van der Waals surface area contributed by atoms with Crippen LogP contribution in [-0.4, -0.2) is 52.4 Å². The van der Waals surface area contributed by atoms with Crippen LogP contribution < -0.4 is 0 Å². The lowest BCUT2D eigenvalue weighted by Gasteiger charge is -2.35. The van der Waals surface area contributed by atoms with Crippen LogP contribution in [0.5, 0.6) is 0 Å². The smallest absolute Gasteiger partial charge is 0.254 e. The summed E-state index contributed by atoms with van der Waals surface area (Å²) in [6, 6.07) is 19.2. The minimum absolute atomic E-state index is 0.0108. The summed E-state index contributed by atoms with van der Waals surface area (Å²) in [6.45, 7) is 4.18. The Morgan fingerprint density at radius 2 is 1.25 bits per heavy atom. The van der Waals surface area contributed by atoms with Crippen molar-refractivity contribution in [1.29, 1.82) is 0 Å². The molecule has 1 aliphatic rings. The summed E-state index contributed by atoms with van der Waals surface area (Å²) < 4.78 is 1.98. The molecule has 0 aliphatic carbocycles. The third-order valence-corrected chi connectivity index (χ3v) is 5.11. The fourth-order valence-corrected chi connectivity index (χ4v) is 3.56. The van der Waals surface area contributed by atoms with Crippen molar-refractivity contribution < 1.29 is 9.59 Å². The van der Waals surface area contributed by atoms with Crippen molar-refractivity contribution in [1.82, 2.24) is 14.4 Å². The lowest BCUT2D eigenvalue weighted by molar-refractivity contribution is 0.0535. The van der Waals surface area contributed by atoms with Crippen LogP contribution in [0.1, 0.15) is 26.3 Å². The SMILES string of the molecule is Cc1cccc(C(=O)N2CCN(C(=O)c3cccc(-n4cccc4)c3)CC2)c1. The maximum absolute atomic E-state index is 12.9. The maximum Gasteiger partial charge on any atom is 0.254 e. The van der Waals surface area contributed by atoms with Crippen molar-refractivity contribution in [2.24, 2.45) is 0 Å². The van der Waals surface area contributed by atoms with Gasteiger partial charge in [-0.25, -0.2) is 0 Å². The largest absolute Gasteiger partial charge is 0.335 e. The quantitative estimate of drug-likeness (QED) is 0.707. The number of aromatic nitrogens is 1. The number of nitrogens with zero attached hydrogens (tertiary/aromatic N) is 3. The lowest BCUT2D eigenvalue weighted by Crippen LogP contribution is -2.50. The number of benzene rings is 2. The third-order valence-electron chi connectivity index (χ3n) is 5.11. The summed E-state index contributed by atoms with van der Waals surface area (Å²) in [5.74, 6) is 0.0436. The molecule has 2 amide bonds. The summed E-state index contributed by atoms with van der Waals surface area (Å²) in [7, 11) is 0. The Kier molecular flexibility index (Phi) is 4.98. The van der Waals surface area contributed by atoms with Gasteiger partial charge >= 0.3 is 0 Å². The van der Waals surface area contributed by atoms with E-state index in [0.717, 1.165) is 11.3 Å². The highest BCUT2D eigenvalue weighted by Gasteiger charge is 2.25. The van der Waals surface area contributed by atoms with Crippen LogP contribution in [0.15, 0.2) is 73.1 Å². The number of aryl methyl sites for hydroxylation is 1. The molecule has 0 unspecified atom stereocenters. The molecule has 0 spiro atoms. The number of amides is 2. The van der Waals surface area contributed by atoms with Crippen LogP contribution in [0.4, 0.5) is 0 Å². The Bertz CT molecular complexity index is 987. The molecule has 0 radical (unpaired) electrons. The Morgan fingerprint density at radius 1 is 0.714 bits per heavy atom. The van der Waals surface area contributed by atoms with Gasteiger partial charge in [0, 0.05) is 55.4 Å². The number of carbonyl (C=O) groups is 2. The molecule has 1 saturated heterocycles. The summed E-state index contributed by atoms with van der Waals surface area (Å²) in [4.78, 5) is 29.3. The Balaban J connectivity index is 1.42. The van der Waals surface area contributed by atoms with Crippen molar-refractivity contribution in [3.63, 3.8) is 0 Å². The Labute approximate surface area is 164 Å². The van der Waals surface area contributed by atoms with Crippen LogP contribution in [0.25, 0.3) is 5.69 Å². The Hall–Kier alpha value is -3.34. The maximum atomic E-state index is 12.9. The zero-order chi connectivity index (χ0) is 19.5. The monoisotopic (exact) mass is 373 g/mol. The first-order valence-corrected chi connectivity index (χ1v) is 9.50. The van der Waals surface area contributed by atoms with Gasteiger partial charge in [0.05, 0.1) is 0 Å². The number of hydrogen-bond acceptors (Lipinski definition) is 2. The molecule has 0 bridgehead atoms. The zero-order valence-electron chi connectivity index (χ0n) is 15.9. The molecule has 28 heavy (non-hydrogen) atoms. The highest BCUT2D eigenvalue weighted by molar-refractivity contribution is 5.96. The first-order chi connectivity index (χ1) is 13.6. The minimum Gasteiger partial charge on any atom is -0.335 e. The normalized spacial score (nSPS) is 14.2. The van der Waals surface area contributed by atoms with Gasteiger partial charge < -0.3 is 14.4 Å². The van der Waals surface area contributed by atoms with Crippen LogP contribution >= 0.6 is 0 Å². The molecule has 0 saturated carbocycles. The van der Waals surface area contributed by atoms with Gasteiger partial charge in [-0.1, -0.05) is 23.8 Å². The molecule has 0 atom stereocenters. The van der Waals surface area contributed by atoms with Gasteiger partial charge in [-0.15, -0.1) is 0 Å². The Morgan fingerprint density at radius 3 is 1.82 bits per heavy atom. The average molecular weight is 373 g/mol. The van der Waals surface area contributed by atoms with Crippen LogP contribution in [0.2, 0.25) is 0 Å². The van der Waals surface area contributed by atoms with Crippen molar-refractivity contribution >= 4 is 11.8 Å². The molecule has 3 aromatic rings. The van der Waals surface area contributed by atoms with Gasteiger partial charge in [-0.3, -0.25) is 9.59 Å². The molecule has 1 fully saturated rings. The average Bonchev–Trinajstić information content (AvgIpc) is 3.28. The second kappa shape index (κ2) is 7.72. The molecule has 5 nitrogen and oxygen atoms in total. The highest BCUT2D eigenvalue weighted by atomic mass is 16.2. The van der Waals surface area contributed by atoms with Gasteiger partial charge in [0.25, 0.3) is 11.8 Å². The lowest BCUT2D eigenvalue weighted by atomic mass is 10.1. The zero-order valence-corrected chi connectivity index (χ0v) is 15.9. The van der Waals surface area contributed by atoms with E-state index in [4.69, 9.17) is 0 Å². The van der Waals surface area contributed by atoms with Crippen molar-refractivity contribution in [3.05, 3.63) is 89.7 Å². The fourth-order valence-electron chi connectivity index (χ4n) is 3.56. The van der Waals surface area contributed by atoms with Crippen LogP contribution in [-0.2, 0) is 0 Å². The molecule has 2 heterocycles. The molecule has 5 heteroatoms. The molecule has 4 rings (SSSR count). The molecule has 0 N–H and O–H groups in total. The molecule has 1 aromatic heterocycles. The summed E-state index contributed by atoms with van der Waals surface area (Å²) >= 11 is 0. The van der Waals surface area contributed by atoms with Crippen molar-refractivity contribution in [2.75, 3.05) is 26.2 Å². The first kappa shape index (κ1) is 18.0. The van der Waals surface area contributed by atoms with E-state index in [1.54, 1.807) is 0 Å². The van der Waals surface area contributed by atoms with Crippen LogP contribution in [0, 0.1) is 6.92 Å². The second-order valence-corrected chi connectivity index (χ2v) is 7.09. The minimum atomic E-state index is 0.0108. The fraction of sp³-hybridized carbons (Fsp3) is 0.217. The number of piperazine rings is 1. The van der Waals surface area contributed by atoms with Crippen LogP contribution in [0.3, 0.4) is 0 Å². The molecule has 2 aromatic carbocycles. The van der Waals surface area contributed by atoms with Gasteiger partial charge in [0.15, 0.2) is 0 Å². The molecule has 1 aliphatic heterocycles. The van der Waals surface area contributed by atoms with E-state index in [9.17, 15) is 9.59 Å². The standard InChI is InChI=1S/C23H23N3O2/c1-18-6-4-7-19(16-18)22(27)25-12-14-26(15-13-25)23(28)20-8-5-9-21(17-20)24-10-2-3-11-24/h2-11,16-17H,12-15H2,1H3. The van der Waals surface area contributed by atoms with E-state index >= 15 is 0 Å². The van der Waals surface area contributed by atoms with Crippen molar-refractivity contribution in [3.8, 4) is 5.69 Å². The third kappa shape index (κ3) is 3.69. The van der Waals surface area contributed by atoms with E-state index in [-0.39, 0.29) is 11.8 Å². The number of carbonyl (C=O) groups excluding carboxylic acids is 2. The predicted octanol–water partition coefficient (Wildman–Crippen LogP) is 3.38. The van der Waals surface area contributed by atoms with Gasteiger partial charge in [0.1, 0.15) is 0 Å². The number of rotatable bonds is 3. The van der Waals surface area contributed by atoms with Crippen molar-refractivity contribution in [2.45, 2.75) is 6.92 Å². The molecule has 142 valence electrons. The van der Waals surface area contributed by atoms with E-state index in [1.807, 2.05) is 94.3 Å². The van der Waals surface area contributed by atoms with Gasteiger partial charge in [-0.2, -0.15) is 0 Å². The van der Waals surface area contributed by atoms with E-state index in [2.05, 4.69) is 0 Å². The predicted molar refractivity (Wildman–Crippen MR) is 109 cm³/mol. The van der Waals surface area contributed by atoms with E-state index in [0.29, 0.717) is 37.3 Å². The van der Waals surface area contributed by atoms with E-state index in [1.165, 1.54) is 0 Å². The van der Waals surface area contributed by atoms with E-state index < -0.39 is 0 Å². The first-order valence-electron chi connectivity index (χ1n) is 9.50. The molecular formula is C23H23N3O2. The number of hydrogen-bond donors (Lipinski definition) is 0. The highest BCUT2D eigenvalue weighted by Crippen LogP contribution is 2.16. The summed E-state index contributed by atoms with van der Waals surface area (Å²) in [6.07, 6.45) is 3.92. The van der Waals surface area contributed by atoms with Gasteiger partial charge in [0.2, 0.25) is 0 Å². The summed E-state index contributed by atoms with van der Waals surface area (Å²) in [5, 5.41) is 0. The second-order valence-electron chi connectivity index (χ2n) is 7.09. The molecular weight excluding hydrogens is 350 g/mol. The van der Waals surface area contributed by atoms with Gasteiger partial charge in [-0.05, 0) is 49.4 Å². The summed E-state index contributed by atoms with van der Waals surface area (Å²) in [5.41, 5.74) is 3.41. The topological polar surface area (TPSA) is 45.6 Å².